The average molecular weight is 334 g/mol. The topological polar surface area (TPSA) is 52.6 Å². The third kappa shape index (κ3) is 1.91. The Kier molecular flexibility index (Phi) is 3.57. The predicted octanol–water partition coefficient (Wildman–Crippen LogP) is 4.01. The van der Waals surface area contributed by atoms with Crippen molar-refractivity contribution in [1.29, 1.82) is 0 Å². The summed E-state index contributed by atoms with van der Waals surface area (Å²) in [4.78, 5) is 24.5. The van der Waals surface area contributed by atoms with Crippen molar-refractivity contribution >= 4 is 11.9 Å². The van der Waals surface area contributed by atoms with Crippen molar-refractivity contribution in [2.75, 3.05) is 14.2 Å². The molecule has 0 spiro atoms. The van der Waals surface area contributed by atoms with Crippen molar-refractivity contribution in [3.63, 3.8) is 0 Å². The normalized spacial score (nSPS) is 46.6. The summed E-state index contributed by atoms with van der Waals surface area (Å²) in [6, 6.07) is 0. The molecule has 0 radical (unpaired) electrons. The molecule has 4 nitrogen and oxygen atoms in total. The third-order valence-electron chi connectivity index (χ3n) is 8.85. The minimum Gasteiger partial charge on any atom is -0.469 e. The molecule has 0 saturated heterocycles. The smallest absolute Gasteiger partial charge is 0.311 e. The summed E-state index contributed by atoms with van der Waals surface area (Å²) in [6.07, 6.45) is 13.1. The van der Waals surface area contributed by atoms with Gasteiger partial charge in [-0.05, 0) is 87.9 Å². The van der Waals surface area contributed by atoms with Gasteiger partial charge in [0.25, 0.3) is 0 Å². The number of carbonyl (C=O) groups excluding carboxylic acids is 2. The highest BCUT2D eigenvalue weighted by Crippen LogP contribution is 2.72. The first kappa shape index (κ1) is 16.4. The van der Waals surface area contributed by atoms with Crippen LogP contribution in [0.5, 0.6) is 0 Å². The van der Waals surface area contributed by atoms with Crippen LogP contribution in [0.15, 0.2) is 0 Å². The Labute approximate surface area is 144 Å². The van der Waals surface area contributed by atoms with E-state index in [4.69, 9.17) is 9.47 Å². The zero-order valence-corrected chi connectivity index (χ0v) is 15.1. The molecule has 0 atom stereocenters. The van der Waals surface area contributed by atoms with Gasteiger partial charge >= 0.3 is 11.9 Å². The van der Waals surface area contributed by atoms with E-state index in [0.29, 0.717) is 10.8 Å². The maximum Gasteiger partial charge on any atom is 0.311 e. The zero-order valence-electron chi connectivity index (χ0n) is 15.1. The van der Waals surface area contributed by atoms with E-state index in [2.05, 4.69) is 0 Å². The van der Waals surface area contributed by atoms with Crippen LogP contribution in [0.25, 0.3) is 0 Å². The maximum atomic E-state index is 12.3. The van der Waals surface area contributed by atoms with Crippen LogP contribution in [-0.2, 0) is 19.1 Å². The van der Waals surface area contributed by atoms with Crippen molar-refractivity contribution in [2.24, 2.45) is 21.7 Å². The molecule has 0 aromatic carbocycles. The predicted molar refractivity (Wildman–Crippen MR) is 89.2 cm³/mol. The number of carbonyl (C=O) groups is 2. The summed E-state index contributed by atoms with van der Waals surface area (Å²) in [5, 5.41) is 0. The Morgan fingerprint density at radius 2 is 0.792 bits per heavy atom. The summed E-state index contributed by atoms with van der Waals surface area (Å²) in [6.45, 7) is 0. The highest BCUT2D eigenvalue weighted by molar-refractivity contribution is 5.78. The molecule has 4 heteroatoms. The first-order chi connectivity index (χ1) is 11.5. The van der Waals surface area contributed by atoms with Gasteiger partial charge in [0.1, 0.15) is 0 Å². The van der Waals surface area contributed by atoms with Gasteiger partial charge < -0.3 is 9.47 Å². The minimum atomic E-state index is -0.188. The Hall–Kier alpha value is -1.06. The molecule has 6 rings (SSSR count). The van der Waals surface area contributed by atoms with E-state index < -0.39 is 0 Å². The lowest BCUT2D eigenvalue weighted by molar-refractivity contribution is -0.192. The van der Waals surface area contributed by atoms with Gasteiger partial charge in [-0.15, -0.1) is 0 Å². The van der Waals surface area contributed by atoms with E-state index in [1.54, 1.807) is 0 Å². The van der Waals surface area contributed by atoms with Crippen LogP contribution in [0.2, 0.25) is 0 Å². The second-order valence-electron chi connectivity index (χ2n) is 9.10. The van der Waals surface area contributed by atoms with Gasteiger partial charge in [0, 0.05) is 0 Å². The number of methoxy groups -OCH3 is 2. The lowest BCUT2D eigenvalue weighted by Gasteiger charge is -2.65. The van der Waals surface area contributed by atoms with Gasteiger partial charge in [-0.25, -0.2) is 0 Å². The fraction of sp³-hybridized carbons (Fsp3) is 0.900. The van der Waals surface area contributed by atoms with E-state index in [1.165, 1.54) is 52.7 Å². The Morgan fingerprint density at radius 1 is 0.542 bits per heavy atom. The molecule has 4 bridgehead atoms. The van der Waals surface area contributed by atoms with Crippen LogP contribution >= 0.6 is 0 Å². The molecule has 0 aromatic rings. The summed E-state index contributed by atoms with van der Waals surface area (Å²) >= 11 is 0. The summed E-state index contributed by atoms with van der Waals surface area (Å²) in [7, 11) is 3.06. The second kappa shape index (κ2) is 5.22. The number of rotatable bonds is 3. The van der Waals surface area contributed by atoms with Gasteiger partial charge in [-0.2, -0.15) is 0 Å². The SMILES string of the molecule is COC(=O)C12CCC(C34CCC(C(=O)OC)(CC3)CC4)(CC1)CC2. The van der Waals surface area contributed by atoms with Crippen molar-refractivity contribution in [1.82, 2.24) is 0 Å². The largest absolute Gasteiger partial charge is 0.469 e. The number of hydrogen-bond acceptors (Lipinski definition) is 4. The molecule has 0 unspecified atom stereocenters. The van der Waals surface area contributed by atoms with Crippen molar-refractivity contribution in [3.05, 3.63) is 0 Å². The van der Waals surface area contributed by atoms with Crippen molar-refractivity contribution in [3.8, 4) is 0 Å². The summed E-state index contributed by atoms with van der Waals surface area (Å²) in [5.41, 5.74) is 0.440. The standard InChI is InChI=1S/C20H30O4/c1-23-15(21)17-3-9-19(10-4-17,11-5-17)20-12-6-18(7-13-20,8-14-20)16(22)24-2/h3-14H2,1-2H3. The lowest BCUT2D eigenvalue weighted by atomic mass is 9.38. The molecule has 6 saturated carbocycles. The van der Waals surface area contributed by atoms with Gasteiger partial charge in [-0.3, -0.25) is 9.59 Å². The first-order valence-corrected chi connectivity index (χ1v) is 9.63. The molecule has 24 heavy (non-hydrogen) atoms. The van der Waals surface area contributed by atoms with Crippen LogP contribution in [0.3, 0.4) is 0 Å². The Balaban J connectivity index is 1.53. The Morgan fingerprint density at radius 3 is 1.00 bits per heavy atom. The van der Waals surface area contributed by atoms with Crippen LogP contribution in [-0.4, -0.2) is 26.2 Å². The number of ether oxygens (including phenoxy) is 2. The maximum absolute atomic E-state index is 12.3. The molecule has 0 amide bonds. The van der Waals surface area contributed by atoms with E-state index in [9.17, 15) is 9.59 Å². The highest BCUT2D eigenvalue weighted by atomic mass is 16.5. The molecule has 0 aliphatic heterocycles. The van der Waals surface area contributed by atoms with Crippen LogP contribution in [0, 0.1) is 21.7 Å². The van der Waals surface area contributed by atoms with E-state index >= 15 is 0 Å². The number of fused-ring (bicyclic) bond motifs is 6. The Bertz CT molecular complexity index is 465. The van der Waals surface area contributed by atoms with Gasteiger partial charge in [0.2, 0.25) is 0 Å². The molecular formula is C20H30O4. The molecular weight excluding hydrogens is 304 g/mol. The third-order valence-corrected chi connectivity index (χ3v) is 8.85. The van der Waals surface area contributed by atoms with Gasteiger partial charge in [-0.1, -0.05) is 0 Å². The zero-order chi connectivity index (χ0) is 17.1. The first-order valence-electron chi connectivity index (χ1n) is 9.63. The van der Waals surface area contributed by atoms with Crippen molar-refractivity contribution < 1.29 is 19.1 Å². The second-order valence-corrected chi connectivity index (χ2v) is 9.10. The van der Waals surface area contributed by atoms with E-state index in [1.807, 2.05) is 0 Å². The fourth-order valence-corrected chi connectivity index (χ4v) is 7.01. The summed E-state index contributed by atoms with van der Waals surface area (Å²) in [5.74, 6) is 0.0376. The molecule has 6 aliphatic rings. The molecule has 0 aromatic heterocycles. The van der Waals surface area contributed by atoms with Crippen LogP contribution in [0.1, 0.15) is 77.0 Å². The van der Waals surface area contributed by atoms with Crippen molar-refractivity contribution in [2.45, 2.75) is 77.0 Å². The molecule has 6 aliphatic carbocycles. The molecule has 0 N–H and O–H groups in total. The van der Waals surface area contributed by atoms with Gasteiger partial charge in [0.05, 0.1) is 25.0 Å². The number of esters is 2. The number of hydrogen-bond donors (Lipinski definition) is 0. The van der Waals surface area contributed by atoms with Crippen LogP contribution < -0.4 is 0 Å². The highest BCUT2D eigenvalue weighted by Gasteiger charge is 2.64. The quantitative estimate of drug-likeness (QED) is 0.732. The van der Waals surface area contributed by atoms with Crippen LogP contribution in [0.4, 0.5) is 0 Å². The van der Waals surface area contributed by atoms with Gasteiger partial charge in [0.15, 0.2) is 0 Å². The fourth-order valence-electron chi connectivity index (χ4n) is 7.01. The monoisotopic (exact) mass is 334 g/mol. The molecule has 134 valence electrons. The molecule has 6 fully saturated rings. The van der Waals surface area contributed by atoms with E-state index in [0.717, 1.165) is 38.5 Å². The molecule has 0 heterocycles. The minimum absolute atomic E-state index is 0.0188. The van der Waals surface area contributed by atoms with E-state index in [-0.39, 0.29) is 22.8 Å². The lowest BCUT2D eigenvalue weighted by Crippen LogP contribution is -2.58. The summed E-state index contributed by atoms with van der Waals surface area (Å²) < 4.78 is 10.2. The average Bonchev–Trinajstić information content (AvgIpc) is 2.69.